The molecule has 12 rings (SSSR count). The summed E-state index contributed by atoms with van der Waals surface area (Å²) < 4.78 is 11.2. The van der Waals surface area contributed by atoms with Crippen LogP contribution in [0.25, 0.3) is 114 Å². The highest BCUT2D eigenvalue weighted by atomic mass is 32.1. The first-order valence-corrected chi connectivity index (χ1v) is 16.7. The summed E-state index contributed by atoms with van der Waals surface area (Å²) in [5, 5.41) is 9.99. The Balaban J connectivity index is 1.29. The van der Waals surface area contributed by atoms with E-state index in [0.29, 0.717) is 0 Å². The summed E-state index contributed by atoms with van der Waals surface area (Å²) >= 11 is 1.88. The number of rotatable bonds is 2. The van der Waals surface area contributed by atoms with Crippen LogP contribution in [0, 0.1) is 0 Å². The molecule has 0 fully saturated rings. The second-order valence-corrected chi connectivity index (χ2v) is 13.6. The van der Waals surface area contributed by atoms with E-state index in [1.807, 2.05) is 41.7 Å². The molecule has 0 saturated carbocycles. The molecular weight excluding hydrogens is 595 g/mol. The molecule has 5 heteroatoms. The Morgan fingerprint density at radius 2 is 1.23 bits per heavy atom. The van der Waals surface area contributed by atoms with Gasteiger partial charge >= 0.3 is 0 Å². The predicted octanol–water partition coefficient (Wildman–Crippen LogP) is 11.8. The van der Waals surface area contributed by atoms with Gasteiger partial charge < -0.3 is 4.42 Å². The molecule has 1 aliphatic rings. The highest BCUT2D eigenvalue weighted by Gasteiger charge is 2.27. The first kappa shape index (κ1) is 24.2. The lowest BCUT2D eigenvalue weighted by atomic mass is 9.95. The van der Waals surface area contributed by atoms with Crippen molar-refractivity contribution in [3.05, 3.63) is 127 Å². The maximum atomic E-state index is 6.20. The normalized spacial score (nSPS) is 12.7. The fraction of sp³-hybridized carbons (Fsp3) is 0. The summed E-state index contributed by atoms with van der Waals surface area (Å²) in [6.45, 7) is 0. The van der Waals surface area contributed by atoms with Gasteiger partial charge in [-0.1, -0.05) is 66.7 Å². The number of benzene rings is 7. The Kier molecular flexibility index (Phi) is 4.33. The number of fused-ring (bicyclic) bond motifs is 5. The molecule has 0 spiro atoms. The third kappa shape index (κ3) is 2.98. The van der Waals surface area contributed by atoms with Gasteiger partial charge in [0.1, 0.15) is 16.9 Å². The van der Waals surface area contributed by atoms with Crippen molar-refractivity contribution >= 4 is 97.1 Å². The number of para-hydroxylation sites is 3. The van der Waals surface area contributed by atoms with E-state index in [9.17, 15) is 0 Å². The van der Waals surface area contributed by atoms with Gasteiger partial charge in [-0.15, -0.1) is 11.3 Å². The average Bonchev–Trinajstić information content (AvgIpc) is 3.76. The monoisotopic (exact) mass is 615 g/mol. The van der Waals surface area contributed by atoms with E-state index in [2.05, 4.69) is 102 Å². The molecule has 47 heavy (non-hydrogen) atoms. The lowest BCUT2D eigenvalue weighted by Crippen LogP contribution is -2.03. The molecule has 216 valence electrons. The first-order chi connectivity index (χ1) is 23.3. The van der Waals surface area contributed by atoms with E-state index in [1.54, 1.807) is 0 Å². The number of furan rings is 1. The first-order valence-electron chi connectivity index (χ1n) is 15.8. The van der Waals surface area contributed by atoms with Crippen molar-refractivity contribution in [3.63, 3.8) is 0 Å². The number of hydrogen-bond acceptors (Lipinski definition) is 4. The smallest absolute Gasteiger partial charge is 0.165 e. The average molecular weight is 616 g/mol. The number of thiophene rings is 1. The van der Waals surface area contributed by atoms with Gasteiger partial charge in [-0.05, 0) is 82.6 Å². The van der Waals surface area contributed by atoms with Crippen LogP contribution in [0.5, 0.6) is 0 Å². The van der Waals surface area contributed by atoms with Crippen LogP contribution in [0.4, 0.5) is 0 Å². The summed E-state index contributed by atoms with van der Waals surface area (Å²) in [5.41, 5.74) is 10.2. The van der Waals surface area contributed by atoms with E-state index in [1.165, 1.54) is 52.8 Å². The molecule has 0 unspecified atom stereocenters. The third-order valence-electron chi connectivity index (χ3n) is 10.1. The van der Waals surface area contributed by atoms with Crippen LogP contribution in [0.2, 0.25) is 0 Å². The molecule has 0 bridgehead atoms. The maximum absolute atomic E-state index is 6.20. The topological polar surface area (TPSA) is 43.9 Å². The molecule has 0 saturated heterocycles. The highest BCUT2D eigenvalue weighted by Crippen LogP contribution is 2.52. The van der Waals surface area contributed by atoms with Crippen LogP contribution >= 0.6 is 11.3 Å². The van der Waals surface area contributed by atoms with Crippen molar-refractivity contribution < 1.29 is 4.42 Å². The van der Waals surface area contributed by atoms with Crippen molar-refractivity contribution in [2.45, 2.75) is 0 Å². The molecule has 1 aliphatic carbocycles. The molecule has 0 atom stereocenters. The summed E-state index contributed by atoms with van der Waals surface area (Å²) in [5.74, 6) is 0.826. The highest BCUT2D eigenvalue weighted by molar-refractivity contribution is 7.26. The molecule has 0 aliphatic heterocycles. The van der Waals surface area contributed by atoms with Crippen molar-refractivity contribution in [1.82, 2.24) is 14.5 Å². The largest absolute Gasteiger partial charge is 0.456 e. The zero-order valence-corrected chi connectivity index (χ0v) is 25.6. The summed E-state index contributed by atoms with van der Waals surface area (Å²) in [6.07, 6.45) is 0. The van der Waals surface area contributed by atoms with Gasteiger partial charge in [-0.3, -0.25) is 4.57 Å². The quantitative estimate of drug-likeness (QED) is 0.194. The summed E-state index contributed by atoms with van der Waals surface area (Å²) in [6, 6.07) is 45.4. The number of nitrogens with zero attached hydrogens (tertiary/aromatic N) is 3. The van der Waals surface area contributed by atoms with Crippen molar-refractivity contribution in [1.29, 1.82) is 0 Å². The number of hydrogen-bond donors (Lipinski definition) is 0. The molecule has 0 N–H and O–H groups in total. The van der Waals surface area contributed by atoms with Gasteiger partial charge in [0.05, 0.1) is 22.1 Å². The van der Waals surface area contributed by atoms with Crippen LogP contribution in [-0.2, 0) is 0 Å². The Morgan fingerprint density at radius 1 is 0.511 bits per heavy atom. The third-order valence-corrected chi connectivity index (χ3v) is 11.2. The van der Waals surface area contributed by atoms with Gasteiger partial charge in [0.2, 0.25) is 0 Å². The SMILES string of the molecule is c1cc2c3c(c1)ccc1c3c3c4c(ccc3n1-c1nc3ccccc3nc1-c1ccc3oc5ccccc5c3c1)sc1cccc-2c14. The van der Waals surface area contributed by atoms with Crippen LogP contribution in [-0.4, -0.2) is 14.5 Å². The minimum atomic E-state index is 0.826. The van der Waals surface area contributed by atoms with Crippen molar-refractivity contribution in [2.75, 3.05) is 0 Å². The standard InChI is InChI=1S/C42H21N3OS/c1-4-13-32-24(8-1)27-21-23(16-19-33(27)46-32)41-42(44-29-12-3-2-11-28(29)43-41)45-30-17-15-22-7-5-9-25-26-10-6-14-34-37(26)40-35(47-34)20-18-31(45)39(40)38(30)36(22)25/h1-21H. The fourth-order valence-corrected chi connectivity index (χ4v) is 9.31. The molecule has 4 aromatic heterocycles. The van der Waals surface area contributed by atoms with Gasteiger partial charge in [-0.2, -0.15) is 0 Å². The zero-order valence-electron chi connectivity index (χ0n) is 24.8. The second-order valence-electron chi connectivity index (χ2n) is 12.5. The molecule has 0 radical (unpaired) electrons. The zero-order chi connectivity index (χ0) is 30.4. The van der Waals surface area contributed by atoms with Crippen LogP contribution in [0.15, 0.2) is 132 Å². The van der Waals surface area contributed by atoms with Crippen LogP contribution in [0.3, 0.4) is 0 Å². The summed E-state index contributed by atoms with van der Waals surface area (Å²) in [7, 11) is 0. The van der Waals surface area contributed by atoms with E-state index in [4.69, 9.17) is 14.4 Å². The van der Waals surface area contributed by atoms with Crippen LogP contribution < -0.4 is 0 Å². The van der Waals surface area contributed by atoms with Gasteiger partial charge in [0.25, 0.3) is 0 Å². The van der Waals surface area contributed by atoms with Crippen molar-refractivity contribution in [2.24, 2.45) is 0 Å². The van der Waals surface area contributed by atoms with Crippen LogP contribution in [0.1, 0.15) is 0 Å². The maximum Gasteiger partial charge on any atom is 0.165 e. The molecular formula is C42H21N3OS. The predicted molar refractivity (Wildman–Crippen MR) is 196 cm³/mol. The molecule has 4 heterocycles. The lowest BCUT2D eigenvalue weighted by Gasteiger charge is -2.15. The van der Waals surface area contributed by atoms with E-state index < -0.39 is 0 Å². The van der Waals surface area contributed by atoms with Gasteiger partial charge in [0, 0.05) is 47.3 Å². The van der Waals surface area contributed by atoms with Gasteiger partial charge in [0.15, 0.2) is 5.82 Å². The van der Waals surface area contributed by atoms with Gasteiger partial charge in [-0.25, -0.2) is 9.97 Å². The second kappa shape index (κ2) is 8.40. The molecule has 7 aromatic carbocycles. The number of aromatic nitrogens is 3. The van der Waals surface area contributed by atoms with E-state index in [-0.39, 0.29) is 0 Å². The van der Waals surface area contributed by atoms with E-state index in [0.717, 1.165) is 61.1 Å². The Morgan fingerprint density at radius 3 is 2.15 bits per heavy atom. The Labute approximate surface area is 270 Å². The fourth-order valence-electron chi connectivity index (χ4n) is 8.17. The van der Waals surface area contributed by atoms with Crippen molar-refractivity contribution in [3.8, 4) is 28.2 Å². The van der Waals surface area contributed by atoms with E-state index >= 15 is 0 Å². The minimum Gasteiger partial charge on any atom is -0.456 e. The molecule has 0 amide bonds. The lowest BCUT2D eigenvalue weighted by molar-refractivity contribution is 0.669. The molecule has 11 aromatic rings. The minimum absolute atomic E-state index is 0.826. The Bertz CT molecular complexity index is 3200. The Hall–Kier alpha value is -6.04. The molecule has 4 nitrogen and oxygen atoms in total. The summed E-state index contributed by atoms with van der Waals surface area (Å²) in [4.78, 5) is 10.8.